The molecular weight excluding hydrogens is 376 g/mol. The molecule has 0 aliphatic carbocycles. The lowest BCUT2D eigenvalue weighted by atomic mass is 10.0. The van der Waals surface area contributed by atoms with Crippen LogP contribution in [0.15, 0.2) is 42.5 Å². The van der Waals surface area contributed by atoms with Crippen LogP contribution >= 0.6 is 11.6 Å². The van der Waals surface area contributed by atoms with Crippen molar-refractivity contribution in [3.05, 3.63) is 64.3 Å². The third-order valence-electron chi connectivity index (χ3n) is 5.07. The molecule has 0 fully saturated rings. The fraction of sp³-hybridized carbons (Fsp3) is 0.227. The number of hydrogen-bond acceptors (Lipinski definition) is 3. The molecule has 0 atom stereocenters. The Morgan fingerprint density at radius 3 is 2.82 bits per heavy atom. The molecule has 0 saturated heterocycles. The molecule has 5 nitrogen and oxygen atoms in total. The lowest BCUT2D eigenvalue weighted by Gasteiger charge is -2.26. The molecule has 0 bridgehead atoms. The molecule has 2 aromatic carbocycles. The normalized spacial score (nSPS) is 13.8. The van der Waals surface area contributed by atoms with E-state index in [0.29, 0.717) is 29.6 Å². The predicted molar refractivity (Wildman–Crippen MR) is 111 cm³/mol. The summed E-state index contributed by atoms with van der Waals surface area (Å²) in [5, 5.41) is 1.63. The van der Waals surface area contributed by atoms with Crippen LogP contribution in [-0.2, 0) is 17.8 Å². The third kappa shape index (κ3) is 3.34. The highest BCUT2D eigenvalue weighted by Crippen LogP contribution is 2.36. The lowest BCUT2D eigenvalue weighted by Crippen LogP contribution is -2.34. The molecule has 28 heavy (non-hydrogen) atoms. The Bertz CT molecular complexity index is 1070. The van der Waals surface area contributed by atoms with Gasteiger partial charge in [0.1, 0.15) is 0 Å². The van der Waals surface area contributed by atoms with Crippen LogP contribution in [0.1, 0.15) is 16.8 Å². The van der Waals surface area contributed by atoms with E-state index in [9.17, 15) is 4.79 Å². The van der Waals surface area contributed by atoms with E-state index in [1.54, 1.807) is 31.4 Å². The molecule has 1 aromatic heterocycles. The maximum absolute atomic E-state index is 12.7. The van der Waals surface area contributed by atoms with Crippen LogP contribution in [0.25, 0.3) is 17.0 Å². The van der Waals surface area contributed by atoms with Gasteiger partial charge in [0.2, 0.25) is 5.91 Å². The van der Waals surface area contributed by atoms with Crippen molar-refractivity contribution in [1.29, 1.82) is 0 Å². The number of benzene rings is 2. The summed E-state index contributed by atoms with van der Waals surface area (Å²) in [6.45, 7) is 1.30. The van der Waals surface area contributed by atoms with Crippen LogP contribution in [0.4, 0.5) is 0 Å². The van der Waals surface area contributed by atoms with Gasteiger partial charge in [-0.3, -0.25) is 4.79 Å². The minimum absolute atomic E-state index is 0.0261. The van der Waals surface area contributed by atoms with E-state index in [1.165, 1.54) is 23.8 Å². The number of methoxy groups -OCH3 is 2. The number of nitrogens with one attached hydrogen (secondary N) is 1. The molecular formula is C22H21ClN2O3. The van der Waals surface area contributed by atoms with Crippen molar-refractivity contribution >= 4 is 34.5 Å². The molecule has 4 rings (SSSR count). The average Bonchev–Trinajstić information content (AvgIpc) is 3.09. The van der Waals surface area contributed by atoms with Gasteiger partial charge in [0.25, 0.3) is 0 Å². The molecule has 2 heterocycles. The Balaban J connectivity index is 1.54. The lowest BCUT2D eigenvalue weighted by molar-refractivity contribution is -0.126. The molecule has 1 aliphatic rings. The van der Waals surface area contributed by atoms with Crippen LogP contribution in [-0.4, -0.2) is 36.6 Å². The largest absolute Gasteiger partial charge is 0.493 e. The van der Waals surface area contributed by atoms with E-state index >= 15 is 0 Å². The molecule has 0 radical (unpaired) electrons. The van der Waals surface area contributed by atoms with E-state index in [1.807, 2.05) is 17.0 Å². The zero-order valence-electron chi connectivity index (χ0n) is 15.8. The molecule has 0 saturated carbocycles. The van der Waals surface area contributed by atoms with Gasteiger partial charge in [-0.1, -0.05) is 29.8 Å². The molecule has 1 amide bonds. The van der Waals surface area contributed by atoms with Gasteiger partial charge < -0.3 is 19.4 Å². The van der Waals surface area contributed by atoms with Crippen molar-refractivity contribution in [3.63, 3.8) is 0 Å². The molecule has 144 valence electrons. The number of rotatable bonds is 4. The predicted octanol–water partition coefficient (Wildman–Crippen LogP) is 4.44. The number of halogens is 1. The summed E-state index contributed by atoms with van der Waals surface area (Å²) in [5.74, 6) is 0.987. The number of amides is 1. The minimum Gasteiger partial charge on any atom is -0.493 e. The number of para-hydroxylation sites is 1. The molecule has 6 heteroatoms. The van der Waals surface area contributed by atoms with Crippen LogP contribution in [0.2, 0.25) is 5.02 Å². The van der Waals surface area contributed by atoms with Crippen LogP contribution < -0.4 is 9.47 Å². The number of nitrogens with zero attached hydrogens (tertiary/aromatic N) is 1. The summed E-state index contributed by atoms with van der Waals surface area (Å²) in [5.41, 5.74) is 4.33. The smallest absolute Gasteiger partial charge is 0.246 e. The quantitative estimate of drug-likeness (QED) is 0.663. The first kappa shape index (κ1) is 18.4. The van der Waals surface area contributed by atoms with E-state index < -0.39 is 0 Å². The van der Waals surface area contributed by atoms with Crippen molar-refractivity contribution in [2.75, 3.05) is 20.8 Å². The van der Waals surface area contributed by atoms with Gasteiger partial charge in [-0.25, -0.2) is 0 Å². The summed E-state index contributed by atoms with van der Waals surface area (Å²) in [4.78, 5) is 18.1. The van der Waals surface area contributed by atoms with Crippen molar-refractivity contribution < 1.29 is 14.3 Å². The van der Waals surface area contributed by atoms with E-state index in [4.69, 9.17) is 21.1 Å². The fourth-order valence-electron chi connectivity index (χ4n) is 3.66. The SMILES string of the molecule is COc1cc(C=CC(=O)N2CCc3[nH]c4ccccc4c3C2)cc(Cl)c1OC. The summed E-state index contributed by atoms with van der Waals surface area (Å²) in [6, 6.07) is 11.8. The summed E-state index contributed by atoms with van der Waals surface area (Å²) in [7, 11) is 3.09. The van der Waals surface area contributed by atoms with E-state index in [0.717, 1.165) is 17.5 Å². The monoisotopic (exact) mass is 396 g/mol. The second-order valence-electron chi connectivity index (χ2n) is 6.71. The zero-order chi connectivity index (χ0) is 19.7. The number of ether oxygens (including phenoxy) is 2. The maximum Gasteiger partial charge on any atom is 0.246 e. The number of carbonyl (C=O) groups is 1. The minimum atomic E-state index is -0.0261. The third-order valence-corrected chi connectivity index (χ3v) is 5.35. The molecule has 0 unspecified atom stereocenters. The topological polar surface area (TPSA) is 54.6 Å². The summed E-state index contributed by atoms with van der Waals surface area (Å²) in [6.07, 6.45) is 4.16. The Kier molecular flexibility index (Phi) is 5.01. The van der Waals surface area contributed by atoms with Crippen molar-refractivity contribution in [1.82, 2.24) is 9.88 Å². The van der Waals surface area contributed by atoms with E-state index in [-0.39, 0.29) is 5.91 Å². The standard InChI is InChI=1S/C22H21ClN2O3/c1-27-20-12-14(11-17(23)22(20)28-2)7-8-21(26)25-10-9-19-16(13-25)15-5-3-4-6-18(15)24-19/h3-8,11-12,24H,9-10,13H2,1-2H3. The average molecular weight is 397 g/mol. The van der Waals surface area contributed by atoms with Crippen molar-refractivity contribution in [2.45, 2.75) is 13.0 Å². The molecule has 1 aliphatic heterocycles. The number of aromatic nitrogens is 1. The van der Waals surface area contributed by atoms with Gasteiger partial charge >= 0.3 is 0 Å². The number of aromatic amines is 1. The van der Waals surface area contributed by atoms with E-state index in [2.05, 4.69) is 17.1 Å². The number of H-pyrrole nitrogens is 1. The van der Waals surface area contributed by atoms with Gasteiger partial charge in [0.15, 0.2) is 11.5 Å². The van der Waals surface area contributed by atoms with Gasteiger partial charge in [-0.15, -0.1) is 0 Å². The van der Waals surface area contributed by atoms with Gasteiger partial charge in [-0.2, -0.15) is 0 Å². The fourth-order valence-corrected chi connectivity index (χ4v) is 3.96. The maximum atomic E-state index is 12.7. The number of carbonyl (C=O) groups excluding carboxylic acids is 1. The zero-order valence-corrected chi connectivity index (χ0v) is 16.5. The first-order valence-corrected chi connectivity index (χ1v) is 9.45. The highest BCUT2D eigenvalue weighted by Gasteiger charge is 2.22. The first-order chi connectivity index (χ1) is 13.6. The summed E-state index contributed by atoms with van der Waals surface area (Å²) < 4.78 is 10.6. The highest BCUT2D eigenvalue weighted by atomic mass is 35.5. The highest BCUT2D eigenvalue weighted by molar-refractivity contribution is 6.32. The van der Waals surface area contributed by atoms with Gasteiger partial charge in [-0.05, 0) is 29.8 Å². The first-order valence-electron chi connectivity index (χ1n) is 9.07. The van der Waals surface area contributed by atoms with Gasteiger partial charge in [0, 0.05) is 47.7 Å². The Hall–Kier alpha value is -2.92. The van der Waals surface area contributed by atoms with Crippen molar-refractivity contribution in [3.8, 4) is 11.5 Å². The Morgan fingerprint density at radius 2 is 2.04 bits per heavy atom. The van der Waals surface area contributed by atoms with Crippen LogP contribution in [0.5, 0.6) is 11.5 Å². The second kappa shape index (κ2) is 7.60. The summed E-state index contributed by atoms with van der Waals surface area (Å²) >= 11 is 6.24. The molecule has 0 spiro atoms. The van der Waals surface area contributed by atoms with Crippen LogP contribution in [0, 0.1) is 0 Å². The molecule has 1 N–H and O–H groups in total. The molecule has 3 aromatic rings. The number of hydrogen-bond donors (Lipinski definition) is 1. The van der Waals surface area contributed by atoms with Crippen LogP contribution in [0.3, 0.4) is 0 Å². The Morgan fingerprint density at radius 1 is 1.21 bits per heavy atom. The number of fused-ring (bicyclic) bond motifs is 3. The van der Waals surface area contributed by atoms with Crippen molar-refractivity contribution in [2.24, 2.45) is 0 Å². The Labute approximate surface area is 168 Å². The second-order valence-corrected chi connectivity index (χ2v) is 7.12. The van der Waals surface area contributed by atoms with Gasteiger partial charge in [0.05, 0.1) is 19.2 Å².